The van der Waals surface area contributed by atoms with Crippen molar-refractivity contribution in [3.63, 3.8) is 0 Å². The molecule has 0 unspecified atom stereocenters. The van der Waals surface area contributed by atoms with Crippen LogP contribution in [0.25, 0.3) is 89.4 Å². The van der Waals surface area contributed by atoms with Gasteiger partial charge in [0.1, 0.15) is 11.1 Å². The number of benzene rings is 6. The summed E-state index contributed by atoms with van der Waals surface area (Å²) in [4.78, 5) is 20.2. The minimum atomic E-state index is 0.597. The fraction of sp³-hybridized carbons (Fsp3) is 0. The third-order valence-electron chi connectivity index (χ3n) is 8.54. The average molecular weight is 603 g/mol. The van der Waals surface area contributed by atoms with Gasteiger partial charge in [-0.25, -0.2) is 19.9 Å². The van der Waals surface area contributed by atoms with Crippen molar-refractivity contribution in [1.82, 2.24) is 19.9 Å². The number of aromatic nitrogens is 4. The van der Waals surface area contributed by atoms with Crippen molar-refractivity contribution < 1.29 is 4.42 Å². The lowest BCUT2D eigenvalue weighted by Gasteiger charge is -2.13. The highest BCUT2D eigenvalue weighted by Crippen LogP contribution is 2.44. The fourth-order valence-electron chi connectivity index (χ4n) is 6.30. The van der Waals surface area contributed by atoms with Crippen LogP contribution in [0.5, 0.6) is 0 Å². The SMILES string of the molecule is c1ccc(-c2nc(-c3ccccc3)nc(-c3ccccc3-c3ccc(-c4ccccc4)c4oc5cc6ccccc6nc5c34)n2)cc1. The maximum Gasteiger partial charge on any atom is 0.164 e. The standard InChI is InChI=1S/C42H26N4O/c1-4-14-27(15-5-1)31-24-25-33(37-38-36(47-39(31)37)26-30-20-10-13-23-35(30)43-38)32-21-11-12-22-34(32)42-45-40(28-16-6-2-7-17-28)44-41(46-42)29-18-8-3-9-19-29/h1-26H. The molecule has 0 aliphatic rings. The Hall–Kier alpha value is -6.46. The zero-order chi connectivity index (χ0) is 31.2. The highest BCUT2D eigenvalue weighted by molar-refractivity contribution is 6.17. The maximum atomic E-state index is 6.70. The molecule has 6 aromatic carbocycles. The monoisotopic (exact) mass is 602 g/mol. The molecule has 0 atom stereocenters. The van der Waals surface area contributed by atoms with E-state index in [0.717, 1.165) is 71.9 Å². The van der Waals surface area contributed by atoms with E-state index >= 15 is 0 Å². The van der Waals surface area contributed by atoms with Crippen molar-refractivity contribution in [1.29, 1.82) is 0 Å². The lowest BCUT2D eigenvalue weighted by atomic mass is 9.92. The lowest BCUT2D eigenvalue weighted by molar-refractivity contribution is 0.670. The number of para-hydroxylation sites is 1. The Kier molecular flexibility index (Phi) is 6.39. The van der Waals surface area contributed by atoms with Crippen LogP contribution in [0.4, 0.5) is 0 Å². The molecule has 9 rings (SSSR count). The first-order valence-corrected chi connectivity index (χ1v) is 15.6. The molecule has 0 bridgehead atoms. The molecule has 3 aromatic heterocycles. The molecule has 0 amide bonds. The average Bonchev–Trinajstić information content (AvgIpc) is 3.53. The number of rotatable bonds is 5. The molecule has 0 N–H and O–H groups in total. The van der Waals surface area contributed by atoms with Gasteiger partial charge in [0, 0.05) is 27.6 Å². The van der Waals surface area contributed by atoms with E-state index in [9.17, 15) is 0 Å². The molecular weight excluding hydrogens is 576 g/mol. The molecule has 3 heterocycles. The van der Waals surface area contributed by atoms with Gasteiger partial charge in [0.15, 0.2) is 23.1 Å². The van der Waals surface area contributed by atoms with Gasteiger partial charge in [-0.3, -0.25) is 0 Å². The van der Waals surface area contributed by atoms with Crippen LogP contribution >= 0.6 is 0 Å². The Morgan fingerprint density at radius 2 is 0.915 bits per heavy atom. The number of hydrogen-bond donors (Lipinski definition) is 0. The van der Waals surface area contributed by atoms with E-state index in [2.05, 4.69) is 66.7 Å². The van der Waals surface area contributed by atoms with Crippen LogP contribution in [0, 0.1) is 0 Å². The van der Waals surface area contributed by atoms with Gasteiger partial charge in [0.05, 0.1) is 10.9 Å². The second-order valence-electron chi connectivity index (χ2n) is 11.4. The molecule has 0 saturated heterocycles. The summed E-state index contributed by atoms with van der Waals surface area (Å²) in [5.41, 5.74) is 10.1. The number of nitrogens with zero attached hydrogens (tertiary/aromatic N) is 4. The second kappa shape index (κ2) is 11.2. The molecule has 0 radical (unpaired) electrons. The minimum Gasteiger partial charge on any atom is -0.454 e. The van der Waals surface area contributed by atoms with E-state index in [4.69, 9.17) is 24.4 Å². The zero-order valence-corrected chi connectivity index (χ0v) is 25.2. The molecule has 5 heteroatoms. The summed E-state index contributed by atoms with van der Waals surface area (Å²) >= 11 is 0. The Morgan fingerprint density at radius 3 is 1.60 bits per heavy atom. The number of hydrogen-bond acceptors (Lipinski definition) is 5. The molecular formula is C42H26N4O. The molecule has 0 spiro atoms. The topological polar surface area (TPSA) is 64.7 Å². The Morgan fingerprint density at radius 1 is 0.383 bits per heavy atom. The number of furan rings is 1. The first kappa shape index (κ1) is 26.9. The summed E-state index contributed by atoms with van der Waals surface area (Å²) in [5, 5.41) is 1.99. The maximum absolute atomic E-state index is 6.70. The Labute approximate surface area is 270 Å². The summed E-state index contributed by atoms with van der Waals surface area (Å²) in [6.45, 7) is 0. The van der Waals surface area contributed by atoms with E-state index in [1.165, 1.54) is 0 Å². The fourth-order valence-corrected chi connectivity index (χ4v) is 6.30. The molecule has 9 aromatic rings. The predicted octanol–water partition coefficient (Wildman–Crippen LogP) is 10.7. The Balaban J connectivity index is 1.33. The van der Waals surface area contributed by atoms with Crippen LogP contribution in [0.3, 0.4) is 0 Å². The third-order valence-corrected chi connectivity index (χ3v) is 8.54. The lowest BCUT2D eigenvalue weighted by Crippen LogP contribution is -2.01. The van der Waals surface area contributed by atoms with Gasteiger partial charge in [-0.1, -0.05) is 140 Å². The van der Waals surface area contributed by atoms with E-state index in [1.807, 2.05) is 91.0 Å². The first-order chi connectivity index (χ1) is 23.3. The second-order valence-corrected chi connectivity index (χ2v) is 11.4. The van der Waals surface area contributed by atoms with Crippen LogP contribution in [0.1, 0.15) is 0 Å². The minimum absolute atomic E-state index is 0.597. The summed E-state index contributed by atoms with van der Waals surface area (Å²) in [6, 6.07) is 53.3. The van der Waals surface area contributed by atoms with Gasteiger partial charge < -0.3 is 4.42 Å². The third kappa shape index (κ3) is 4.73. The molecule has 0 saturated carbocycles. The van der Waals surface area contributed by atoms with Gasteiger partial charge in [0.25, 0.3) is 0 Å². The Bertz CT molecular complexity index is 2500. The van der Waals surface area contributed by atoms with Crippen LogP contribution in [-0.2, 0) is 0 Å². The van der Waals surface area contributed by atoms with Crippen LogP contribution in [-0.4, -0.2) is 19.9 Å². The summed E-state index contributed by atoms with van der Waals surface area (Å²) in [5.74, 6) is 1.84. The van der Waals surface area contributed by atoms with Crippen LogP contribution in [0.15, 0.2) is 162 Å². The van der Waals surface area contributed by atoms with E-state index < -0.39 is 0 Å². The summed E-state index contributed by atoms with van der Waals surface area (Å²) in [7, 11) is 0. The largest absolute Gasteiger partial charge is 0.454 e. The summed E-state index contributed by atoms with van der Waals surface area (Å²) < 4.78 is 6.70. The van der Waals surface area contributed by atoms with Crippen molar-refractivity contribution in [2.75, 3.05) is 0 Å². The van der Waals surface area contributed by atoms with Gasteiger partial charge in [0.2, 0.25) is 0 Å². The van der Waals surface area contributed by atoms with Crippen molar-refractivity contribution in [3.8, 4) is 56.4 Å². The highest BCUT2D eigenvalue weighted by atomic mass is 16.3. The van der Waals surface area contributed by atoms with E-state index in [1.54, 1.807) is 0 Å². The van der Waals surface area contributed by atoms with Crippen LogP contribution in [0.2, 0.25) is 0 Å². The van der Waals surface area contributed by atoms with Gasteiger partial charge >= 0.3 is 0 Å². The van der Waals surface area contributed by atoms with Gasteiger partial charge in [-0.2, -0.15) is 0 Å². The smallest absolute Gasteiger partial charge is 0.164 e. The quantitative estimate of drug-likeness (QED) is 0.196. The summed E-state index contributed by atoms with van der Waals surface area (Å²) in [6.07, 6.45) is 0. The van der Waals surface area contributed by atoms with E-state index in [-0.39, 0.29) is 0 Å². The first-order valence-electron chi connectivity index (χ1n) is 15.6. The molecule has 0 fully saturated rings. The van der Waals surface area contributed by atoms with Crippen molar-refractivity contribution in [2.24, 2.45) is 0 Å². The molecule has 0 aliphatic heterocycles. The van der Waals surface area contributed by atoms with Crippen molar-refractivity contribution in [2.45, 2.75) is 0 Å². The predicted molar refractivity (Wildman–Crippen MR) is 190 cm³/mol. The normalized spacial score (nSPS) is 11.4. The highest BCUT2D eigenvalue weighted by Gasteiger charge is 2.22. The van der Waals surface area contributed by atoms with E-state index in [0.29, 0.717) is 17.5 Å². The molecule has 47 heavy (non-hydrogen) atoms. The molecule has 220 valence electrons. The number of pyridine rings is 1. The van der Waals surface area contributed by atoms with Gasteiger partial charge in [-0.15, -0.1) is 0 Å². The zero-order valence-electron chi connectivity index (χ0n) is 25.2. The van der Waals surface area contributed by atoms with Crippen molar-refractivity contribution >= 4 is 33.0 Å². The molecule has 5 nitrogen and oxygen atoms in total. The van der Waals surface area contributed by atoms with Crippen LogP contribution < -0.4 is 0 Å². The van der Waals surface area contributed by atoms with Crippen molar-refractivity contribution in [3.05, 3.63) is 158 Å². The molecule has 0 aliphatic carbocycles. The van der Waals surface area contributed by atoms with Gasteiger partial charge in [-0.05, 0) is 34.9 Å². The number of fused-ring (bicyclic) bond motifs is 4.